The third kappa shape index (κ3) is 1.56. The minimum absolute atomic E-state index is 0.659. The molecule has 0 spiro atoms. The van der Waals surface area contributed by atoms with Gasteiger partial charge in [0.1, 0.15) is 0 Å². The van der Waals surface area contributed by atoms with Gasteiger partial charge in [-0.3, -0.25) is 0 Å². The molecule has 3 nitrogen and oxygen atoms in total. The van der Waals surface area contributed by atoms with E-state index in [1.807, 2.05) is 35.1 Å². The topological polar surface area (TPSA) is 41.6 Å². The first-order valence-corrected chi connectivity index (χ1v) is 5.73. The van der Waals surface area contributed by atoms with Gasteiger partial charge in [-0.15, -0.1) is 0 Å². The summed E-state index contributed by atoms with van der Waals surface area (Å²) in [5.74, 6) is 0. The summed E-state index contributed by atoms with van der Waals surface area (Å²) in [5.41, 5.74) is 3.92. The molecular formula is C15H11N3. The second-order valence-electron chi connectivity index (χ2n) is 4.22. The highest BCUT2D eigenvalue weighted by Crippen LogP contribution is 2.21. The smallest absolute Gasteiger partial charge is 0.0991 e. The Labute approximate surface area is 105 Å². The molecule has 3 heteroatoms. The minimum Gasteiger partial charge on any atom is -0.233 e. The van der Waals surface area contributed by atoms with Gasteiger partial charge in [-0.2, -0.15) is 10.4 Å². The van der Waals surface area contributed by atoms with E-state index in [9.17, 15) is 0 Å². The molecule has 0 N–H and O–H groups in total. The molecular weight excluding hydrogens is 222 g/mol. The van der Waals surface area contributed by atoms with Crippen LogP contribution in [0.1, 0.15) is 11.1 Å². The lowest BCUT2D eigenvalue weighted by atomic mass is 10.1. The molecule has 0 saturated heterocycles. The molecule has 0 aliphatic rings. The van der Waals surface area contributed by atoms with Crippen molar-refractivity contribution in [2.45, 2.75) is 6.92 Å². The number of hydrogen-bond donors (Lipinski definition) is 0. The number of rotatable bonds is 1. The van der Waals surface area contributed by atoms with Crippen LogP contribution < -0.4 is 0 Å². The van der Waals surface area contributed by atoms with Crippen molar-refractivity contribution in [2.75, 3.05) is 0 Å². The number of aryl methyl sites for hydroxylation is 1. The summed E-state index contributed by atoms with van der Waals surface area (Å²) < 4.78 is 1.89. The van der Waals surface area contributed by atoms with Crippen LogP contribution in [0.3, 0.4) is 0 Å². The van der Waals surface area contributed by atoms with E-state index in [1.54, 1.807) is 12.1 Å². The Morgan fingerprint density at radius 1 is 1.11 bits per heavy atom. The molecule has 1 aromatic heterocycles. The van der Waals surface area contributed by atoms with Crippen molar-refractivity contribution in [1.29, 1.82) is 5.26 Å². The van der Waals surface area contributed by atoms with Gasteiger partial charge >= 0.3 is 0 Å². The summed E-state index contributed by atoms with van der Waals surface area (Å²) in [4.78, 5) is 0. The van der Waals surface area contributed by atoms with Gasteiger partial charge in [-0.1, -0.05) is 12.1 Å². The first-order valence-electron chi connectivity index (χ1n) is 5.73. The number of hydrogen-bond acceptors (Lipinski definition) is 2. The molecule has 3 rings (SSSR count). The molecule has 0 bridgehead atoms. The second kappa shape index (κ2) is 4.01. The van der Waals surface area contributed by atoms with E-state index in [2.05, 4.69) is 24.2 Å². The maximum Gasteiger partial charge on any atom is 0.0991 e. The molecule has 0 amide bonds. The molecule has 3 aromatic rings. The van der Waals surface area contributed by atoms with E-state index < -0.39 is 0 Å². The van der Waals surface area contributed by atoms with Gasteiger partial charge in [0.15, 0.2) is 0 Å². The van der Waals surface area contributed by atoms with Crippen LogP contribution in [-0.2, 0) is 0 Å². The number of nitrogens with zero attached hydrogens (tertiary/aromatic N) is 3. The van der Waals surface area contributed by atoms with Crippen molar-refractivity contribution in [3.05, 3.63) is 59.8 Å². The third-order valence-electron chi connectivity index (χ3n) is 3.07. The molecule has 0 radical (unpaired) electrons. The van der Waals surface area contributed by atoms with Crippen molar-refractivity contribution in [2.24, 2.45) is 0 Å². The number of fused-ring (bicyclic) bond motifs is 1. The summed E-state index contributed by atoms with van der Waals surface area (Å²) in [7, 11) is 0. The third-order valence-corrected chi connectivity index (χ3v) is 3.07. The maximum atomic E-state index is 8.79. The van der Waals surface area contributed by atoms with Crippen LogP contribution in [0.4, 0.5) is 0 Å². The standard InChI is InChI=1S/C15H11N3/c1-11-3-2-4-15-14(11)10-17-18(15)13-7-5-12(9-16)6-8-13/h2-8,10H,1H3. The van der Waals surface area contributed by atoms with Crippen LogP contribution in [0, 0.1) is 18.3 Å². The Morgan fingerprint density at radius 2 is 1.89 bits per heavy atom. The van der Waals surface area contributed by atoms with Crippen LogP contribution in [0.5, 0.6) is 0 Å². The highest BCUT2D eigenvalue weighted by Gasteiger charge is 2.05. The highest BCUT2D eigenvalue weighted by molar-refractivity contribution is 5.83. The highest BCUT2D eigenvalue weighted by atomic mass is 15.3. The van der Waals surface area contributed by atoms with Crippen molar-refractivity contribution >= 4 is 10.9 Å². The normalized spacial score (nSPS) is 10.4. The van der Waals surface area contributed by atoms with Crippen LogP contribution in [0.2, 0.25) is 0 Å². The van der Waals surface area contributed by atoms with Crippen molar-refractivity contribution < 1.29 is 0 Å². The van der Waals surface area contributed by atoms with Crippen molar-refractivity contribution in [3.8, 4) is 11.8 Å². The summed E-state index contributed by atoms with van der Waals surface area (Å²) in [6, 6.07) is 15.7. The molecule has 0 aliphatic heterocycles. The van der Waals surface area contributed by atoms with Crippen LogP contribution in [-0.4, -0.2) is 9.78 Å². The predicted molar refractivity (Wildman–Crippen MR) is 70.5 cm³/mol. The summed E-state index contributed by atoms with van der Waals surface area (Å²) >= 11 is 0. The van der Waals surface area contributed by atoms with Crippen molar-refractivity contribution in [1.82, 2.24) is 9.78 Å². The average Bonchev–Trinajstić information content (AvgIpc) is 2.84. The molecule has 0 aliphatic carbocycles. The van der Waals surface area contributed by atoms with Gasteiger partial charge < -0.3 is 0 Å². The molecule has 18 heavy (non-hydrogen) atoms. The van der Waals surface area contributed by atoms with E-state index in [-0.39, 0.29) is 0 Å². The fourth-order valence-corrected chi connectivity index (χ4v) is 2.08. The Kier molecular flexibility index (Phi) is 2.35. The van der Waals surface area contributed by atoms with Gasteiger partial charge in [0.2, 0.25) is 0 Å². The van der Waals surface area contributed by atoms with Crippen LogP contribution >= 0.6 is 0 Å². The van der Waals surface area contributed by atoms with Gasteiger partial charge in [0, 0.05) is 5.39 Å². The average molecular weight is 233 g/mol. The summed E-state index contributed by atoms with van der Waals surface area (Å²) in [5, 5.41) is 14.4. The zero-order valence-corrected chi connectivity index (χ0v) is 9.96. The lowest BCUT2D eigenvalue weighted by Crippen LogP contribution is -1.95. The van der Waals surface area contributed by atoms with E-state index in [4.69, 9.17) is 5.26 Å². The van der Waals surface area contributed by atoms with E-state index in [0.29, 0.717) is 5.56 Å². The van der Waals surface area contributed by atoms with E-state index in [0.717, 1.165) is 16.6 Å². The zero-order chi connectivity index (χ0) is 12.5. The molecule has 0 saturated carbocycles. The SMILES string of the molecule is Cc1cccc2c1cnn2-c1ccc(C#N)cc1. The Hall–Kier alpha value is -2.60. The monoisotopic (exact) mass is 233 g/mol. The largest absolute Gasteiger partial charge is 0.233 e. The fraction of sp³-hybridized carbons (Fsp3) is 0.0667. The lowest BCUT2D eigenvalue weighted by molar-refractivity contribution is 0.910. The number of nitriles is 1. The van der Waals surface area contributed by atoms with Crippen LogP contribution in [0.25, 0.3) is 16.6 Å². The van der Waals surface area contributed by atoms with Crippen molar-refractivity contribution in [3.63, 3.8) is 0 Å². The molecule has 0 atom stereocenters. The Bertz CT molecular complexity index is 745. The molecule has 1 heterocycles. The first-order chi connectivity index (χ1) is 8.79. The van der Waals surface area contributed by atoms with Gasteiger partial charge in [0.25, 0.3) is 0 Å². The Morgan fingerprint density at radius 3 is 2.61 bits per heavy atom. The number of aromatic nitrogens is 2. The van der Waals surface area contributed by atoms with E-state index >= 15 is 0 Å². The number of benzene rings is 2. The van der Waals surface area contributed by atoms with E-state index in [1.165, 1.54) is 5.56 Å². The van der Waals surface area contributed by atoms with Gasteiger partial charge in [-0.05, 0) is 42.8 Å². The fourth-order valence-electron chi connectivity index (χ4n) is 2.08. The summed E-state index contributed by atoms with van der Waals surface area (Å²) in [6.07, 6.45) is 1.88. The molecule has 0 unspecified atom stereocenters. The molecule has 0 fully saturated rings. The predicted octanol–water partition coefficient (Wildman–Crippen LogP) is 3.21. The lowest BCUT2D eigenvalue weighted by Gasteiger charge is -2.03. The van der Waals surface area contributed by atoms with Crippen LogP contribution in [0.15, 0.2) is 48.7 Å². The maximum absolute atomic E-state index is 8.79. The zero-order valence-electron chi connectivity index (χ0n) is 9.96. The Balaban J connectivity index is 2.20. The quantitative estimate of drug-likeness (QED) is 0.647. The molecule has 86 valence electrons. The molecule has 2 aromatic carbocycles. The first kappa shape index (κ1) is 10.5. The second-order valence-corrected chi connectivity index (χ2v) is 4.22. The van der Waals surface area contributed by atoms with Gasteiger partial charge in [-0.25, -0.2) is 4.68 Å². The van der Waals surface area contributed by atoms with Gasteiger partial charge in [0.05, 0.1) is 29.0 Å². The minimum atomic E-state index is 0.659. The summed E-state index contributed by atoms with van der Waals surface area (Å²) in [6.45, 7) is 2.08.